The van der Waals surface area contributed by atoms with Crippen molar-refractivity contribution in [2.75, 3.05) is 13.2 Å². The SMILES string of the molecule is CCCn1cncc1CNCC(C)(C)CCCO. The zero-order chi connectivity index (χ0) is 13.4. The second kappa shape index (κ2) is 7.54. The molecule has 1 heterocycles. The van der Waals surface area contributed by atoms with Crippen LogP contribution in [0.25, 0.3) is 0 Å². The van der Waals surface area contributed by atoms with Crippen molar-refractivity contribution in [1.29, 1.82) is 0 Å². The highest BCUT2D eigenvalue weighted by Crippen LogP contribution is 2.20. The maximum absolute atomic E-state index is 8.87. The molecule has 4 nitrogen and oxygen atoms in total. The number of imidazole rings is 1. The summed E-state index contributed by atoms with van der Waals surface area (Å²) in [6, 6.07) is 0. The average molecular weight is 253 g/mol. The maximum atomic E-state index is 8.87. The number of aliphatic hydroxyl groups excluding tert-OH is 1. The Bertz CT molecular complexity index is 334. The van der Waals surface area contributed by atoms with Crippen molar-refractivity contribution in [3.8, 4) is 0 Å². The van der Waals surface area contributed by atoms with Crippen LogP contribution in [-0.4, -0.2) is 27.8 Å². The molecule has 0 atom stereocenters. The molecular formula is C14H27N3O. The molecule has 1 rings (SSSR count). The van der Waals surface area contributed by atoms with E-state index < -0.39 is 0 Å². The predicted molar refractivity (Wildman–Crippen MR) is 74.3 cm³/mol. The molecule has 0 aliphatic rings. The molecule has 4 heteroatoms. The highest BCUT2D eigenvalue weighted by molar-refractivity contribution is 4.98. The summed E-state index contributed by atoms with van der Waals surface area (Å²) in [5.74, 6) is 0. The normalized spacial score (nSPS) is 12.0. The largest absolute Gasteiger partial charge is 0.396 e. The zero-order valence-corrected chi connectivity index (χ0v) is 11.9. The minimum Gasteiger partial charge on any atom is -0.396 e. The molecule has 0 spiro atoms. The third kappa shape index (κ3) is 5.19. The van der Waals surface area contributed by atoms with Crippen molar-refractivity contribution in [3.05, 3.63) is 18.2 Å². The molecule has 1 aromatic rings. The lowest BCUT2D eigenvalue weighted by Crippen LogP contribution is -2.30. The summed E-state index contributed by atoms with van der Waals surface area (Å²) in [5, 5.41) is 12.4. The Morgan fingerprint density at radius 1 is 1.44 bits per heavy atom. The Kier molecular flexibility index (Phi) is 6.36. The smallest absolute Gasteiger partial charge is 0.0948 e. The number of hydrogen-bond donors (Lipinski definition) is 2. The van der Waals surface area contributed by atoms with Gasteiger partial charge in [-0.25, -0.2) is 4.98 Å². The Morgan fingerprint density at radius 3 is 2.89 bits per heavy atom. The standard InChI is InChI=1S/C14H27N3O/c1-4-7-17-12-16-10-13(17)9-15-11-14(2,3)6-5-8-18/h10,12,15,18H,4-9,11H2,1-3H3. The molecule has 1 aromatic heterocycles. The van der Waals surface area contributed by atoms with Crippen LogP contribution in [0.3, 0.4) is 0 Å². The van der Waals surface area contributed by atoms with E-state index in [4.69, 9.17) is 5.11 Å². The summed E-state index contributed by atoms with van der Waals surface area (Å²) >= 11 is 0. The molecule has 0 bridgehead atoms. The Morgan fingerprint density at radius 2 is 2.22 bits per heavy atom. The van der Waals surface area contributed by atoms with Gasteiger partial charge in [-0.2, -0.15) is 0 Å². The van der Waals surface area contributed by atoms with E-state index in [0.717, 1.165) is 38.9 Å². The molecule has 104 valence electrons. The molecule has 0 saturated heterocycles. The van der Waals surface area contributed by atoms with Gasteiger partial charge < -0.3 is 15.0 Å². The molecule has 18 heavy (non-hydrogen) atoms. The number of aliphatic hydroxyl groups is 1. The van der Waals surface area contributed by atoms with Crippen LogP contribution in [0, 0.1) is 5.41 Å². The van der Waals surface area contributed by atoms with Crippen LogP contribution in [0.15, 0.2) is 12.5 Å². The van der Waals surface area contributed by atoms with Gasteiger partial charge in [0.05, 0.1) is 12.0 Å². The van der Waals surface area contributed by atoms with Gasteiger partial charge in [0.2, 0.25) is 0 Å². The van der Waals surface area contributed by atoms with Crippen LogP contribution in [0.5, 0.6) is 0 Å². The number of nitrogens with one attached hydrogen (secondary N) is 1. The van der Waals surface area contributed by atoms with Gasteiger partial charge in [0, 0.05) is 32.4 Å². The second-order valence-corrected chi connectivity index (χ2v) is 5.67. The van der Waals surface area contributed by atoms with Crippen molar-refractivity contribution in [3.63, 3.8) is 0 Å². The van der Waals surface area contributed by atoms with Gasteiger partial charge in [-0.15, -0.1) is 0 Å². The summed E-state index contributed by atoms with van der Waals surface area (Å²) < 4.78 is 2.20. The molecule has 0 unspecified atom stereocenters. The molecule has 0 saturated carbocycles. The molecular weight excluding hydrogens is 226 g/mol. The fraction of sp³-hybridized carbons (Fsp3) is 0.786. The number of rotatable bonds is 9. The van der Waals surface area contributed by atoms with E-state index in [1.807, 2.05) is 12.5 Å². The average Bonchev–Trinajstić information content (AvgIpc) is 2.75. The monoisotopic (exact) mass is 253 g/mol. The second-order valence-electron chi connectivity index (χ2n) is 5.67. The van der Waals surface area contributed by atoms with Gasteiger partial charge >= 0.3 is 0 Å². The van der Waals surface area contributed by atoms with Crippen molar-refractivity contribution in [2.24, 2.45) is 5.41 Å². The van der Waals surface area contributed by atoms with Crippen molar-refractivity contribution in [2.45, 2.75) is 53.1 Å². The van der Waals surface area contributed by atoms with Crippen LogP contribution in [0.1, 0.15) is 45.7 Å². The van der Waals surface area contributed by atoms with E-state index in [0.29, 0.717) is 0 Å². The lowest BCUT2D eigenvalue weighted by Gasteiger charge is -2.24. The van der Waals surface area contributed by atoms with Gasteiger partial charge in [0.15, 0.2) is 0 Å². The minimum atomic E-state index is 0.234. The van der Waals surface area contributed by atoms with Gasteiger partial charge in [0.1, 0.15) is 0 Å². The van der Waals surface area contributed by atoms with Crippen LogP contribution in [0.2, 0.25) is 0 Å². The molecule has 0 aliphatic carbocycles. The highest BCUT2D eigenvalue weighted by atomic mass is 16.2. The van der Waals surface area contributed by atoms with E-state index in [1.165, 1.54) is 5.69 Å². The zero-order valence-electron chi connectivity index (χ0n) is 11.9. The molecule has 0 radical (unpaired) electrons. The first-order chi connectivity index (χ1) is 8.59. The summed E-state index contributed by atoms with van der Waals surface area (Å²) in [7, 11) is 0. The fourth-order valence-corrected chi connectivity index (χ4v) is 2.11. The van der Waals surface area contributed by atoms with Gasteiger partial charge in [0.25, 0.3) is 0 Å². The fourth-order valence-electron chi connectivity index (χ4n) is 2.11. The summed E-state index contributed by atoms with van der Waals surface area (Å²) in [4.78, 5) is 4.20. The van der Waals surface area contributed by atoms with Gasteiger partial charge in [-0.1, -0.05) is 20.8 Å². The third-order valence-corrected chi connectivity index (χ3v) is 3.18. The molecule has 0 fully saturated rings. The molecule has 2 N–H and O–H groups in total. The van der Waals surface area contributed by atoms with Gasteiger partial charge in [-0.05, 0) is 24.7 Å². The molecule has 0 aromatic carbocycles. The first-order valence-electron chi connectivity index (χ1n) is 6.89. The first kappa shape index (κ1) is 15.2. The van der Waals surface area contributed by atoms with Crippen molar-refractivity contribution < 1.29 is 5.11 Å². The highest BCUT2D eigenvalue weighted by Gasteiger charge is 2.16. The maximum Gasteiger partial charge on any atom is 0.0948 e. The predicted octanol–water partition coefficient (Wildman–Crippen LogP) is 2.18. The Labute approximate surface area is 110 Å². The van der Waals surface area contributed by atoms with Crippen LogP contribution in [0.4, 0.5) is 0 Å². The van der Waals surface area contributed by atoms with E-state index in [9.17, 15) is 0 Å². The summed E-state index contributed by atoms with van der Waals surface area (Å²) in [6.45, 7) is 9.79. The van der Waals surface area contributed by atoms with Crippen LogP contribution in [-0.2, 0) is 13.1 Å². The van der Waals surface area contributed by atoms with E-state index in [1.54, 1.807) is 0 Å². The minimum absolute atomic E-state index is 0.234. The lowest BCUT2D eigenvalue weighted by molar-refractivity contribution is 0.236. The van der Waals surface area contributed by atoms with Crippen molar-refractivity contribution in [1.82, 2.24) is 14.9 Å². The van der Waals surface area contributed by atoms with E-state index >= 15 is 0 Å². The van der Waals surface area contributed by atoms with E-state index in [2.05, 4.69) is 35.6 Å². The number of nitrogens with zero attached hydrogens (tertiary/aromatic N) is 2. The Balaban J connectivity index is 2.34. The quantitative estimate of drug-likeness (QED) is 0.709. The van der Waals surface area contributed by atoms with Crippen LogP contribution < -0.4 is 5.32 Å². The van der Waals surface area contributed by atoms with Crippen molar-refractivity contribution >= 4 is 0 Å². The van der Waals surface area contributed by atoms with Gasteiger partial charge in [-0.3, -0.25) is 0 Å². The Hall–Kier alpha value is -0.870. The topological polar surface area (TPSA) is 50.1 Å². The third-order valence-electron chi connectivity index (χ3n) is 3.18. The lowest BCUT2D eigenvalue weighted by atomic mass is 9.88. The van der Waals surface area contributed by atoms with Crippen LogP contribution >= 0.6 is 0 Å². The summed E-state index contributed by atoms with van der Waals surface area (Å²) in [6.07, 6.45) is 6.89. The summed E-state index contributed by atoms with van der Waals surface area (Å²) in [5.41, 5.74) is 1.48. The molecule has 0 amide bonds. The number of aromatic nitrogens is 2. The number of hydrogen-bond acceptors (Lipinski definition) is 3. The number of aryl methyl sites for hydroxylation is 1. The molecule has 0 aliphatic heterocycles. The van der Waals surface area contributed by atoms with E-state index in [-0.39, 0.29) is 12.0 Å². The first-order valence-corrected chi connectivity index (χ1v) is 6.89.